The summed E-state index contributed by atoms with van der Waals surface area (Å²) >= 11 is 0. The molecule has 1 heterocycles. The van der Waals surface area contributed by atoms with Crippen LogP contribution in [0.15, 0.2) is 29.3 Å². The summed E-state index contributed by atoms with van der Waals surface area (Å²) in [6.07, 6.45) is 1.11. The predicted octanol–water partition coefficient (Wildman–Crippen LogP) is 3.70. The van der Waals surface area contributed by atoms with Crippen molar-refractivity contribution in [1.29, 1.82) is 0 Å². The van der Waals surface area contributed by atoms with Crippen LogP contribution in [0.1, 0.15) is 52.2 Å². The highest BCUT2D eigenvalue weighted by molar-refractivity contribution is 14.0. The first-order valence-corrected chi connectivity index (χ1v) is 11.7. The van der Waals surface area contributed by atoms with Gasteiger partial charge in [-0.05, 0) is 52.2 Å². The maximum atomic E-state index is 5.43. The number of halogens is 1. The van der Waals surface area contributed by atoms with Gasteiger partial charge in [-0.15, -0.1) is 24.0 Å². The van der Waals surface area contributed by atoms with E-state index in [4.69, 9.17) is 9.73 Å². The lowest BCUT2D eigenvalue weighted by Crippen LogP contribution is -2.41. The van der Waals surface area contributed by atoms with Crippen molar-refractivity contribution in [2.24, 2.45) is 4.99 Å². The molecule has 0 bridgehead atoms. The fourth-order valence-corrected chi connectivity index (χ4v) is 3.86. The highest BCUT2D eigenvalue weighted by atomic mass is 127. The molecular weight excluding hydrogens is 501 g/mol. The highest BCUT2D eigenvalue weighted by Crippen LogP contribution is 2.10. The Morgan fingerprint density at radius 3 is 2.23 bits per heavy atom. The van der Waals surface area contributed by atoms with Gasteiger partial charge >= 0.3 is 0 Å². The van der Waals surface area contributed by atoms with E-state index in [1.165, 1.54) is 11.1 Å². The summed E-state index contributed by atoms with van der Waals surface area (Å²) in [5, 5.41) is 6.84. The van der Waals surface area contributed by atoms with Crippen LogP contribution in [-0.4, -0.2) is 73.8 Å². The Bertz CT molecular complexity index is 607. The minimum Gasteiger partial charge on any atom is -0.379 e. The molecule has 0 spiro atoms. The van der Waals surface area contributed by atoms with E-state index in [0.717, 1.165) is 64.9 Å². The first-order valence-electron chi connectivity index (χ1n) is 11.7. The van der Waals surface area contributed by atoms with Crippen LogP contribution < -0.4 is 10.6 Å². The standard InChI is InChI=1S/C24H43N5O.HI/c1-6-25-24(26-12-7-13-29(20(2)3)21(4)5)27-18-22-8-10-23(11-9-22)19-28-14-16-30-17-15-28;/h8-11,20-21H,6-7,12-19H2,1-5H3,(H2,25,26,27);1H. The number of rotatable bonds is 11. The van der Waals surface area contributed by atoms with Gasteiger partial charge in [0.1, 0.15) is 0 Å². The molecule has 7 heteroatoms. The monoisotopic (exact) mass is 545 g/mol. The fraction of sp³-hybridized carbons (Fsp3) is 0.708. The minimum absolute atomic E-state index is 0. The number of nitrogens with zero attached hydrogens (tertiary/aromatic N) is 3. The highest BCUT2D eigenvalue weighted by Gasteiger charge is 2.12. The Morgan fingerprint density at radius 2 is 1.65 bits per heavy atom. The third kappa shape index (κ3) is 11.0. The molecule has 1 saturated heterocycles. The molecule has 2 rings (SSSR count). The number of ether oxygens (including phenoxy) is 1. The maximum Gasteiger partial charge on any atom is 0.191 e. The number of aliphatic imine (C=N–C) groups is 1. The largest absolute Gasteiger partial charge is 0.379 e. The summed E-state index contributed by atoms with van der Waals surface area (Å²) in [4.78, 5) is 9.75. The topological polar surface area (TPSA) is 52.1 Å². The number of nitrogens with one attached hydrogen (secondary N) is 2. The second-order valence-electron chi connectivity index (χ2n) is 8.61. The van der Waals surface area contributed by atoms with Gasteiger partial charge in [0.15, 0.2) is 5.96 Å². The van der Waals surface area contributed by atoms with E-state index in [0.29, 0.717) is 18.6 Å². The van der Waals surface area contributed by atoms with Crippen molar-refractivity contribution in [2.45, 2.75) is 66.2 Å². The molecule has 2 N–H and O–H groups in total. The van der Waals surface area contributed by atoms with Crippen LogP contribution in [-0.2, 0) is 17.8 Å². The molecule has 1 aromatic carbocycles. The molecule has 0 saturated carbocycles. The summed E-state index contributed by atoms with van der Waals surface area (Å²) in [6, 6.07) is 10.0. The lowest BCUT2D eigenvalue weighted by Gasteiger charge is -2.30. The van der Waals surface area contributed by atoms with E-state index in [1.54, 1.807) is 0 Å². The maximum absolute atomic E-state index is 5.43. The molecule has 0 radical (unpaired) electrons. The zero-order chi connectivity index (χ0) is 21.8. The van der Waals surface area contributed by atoms with Gasteiger partial charge in [-0.3, -0.25) is 9.80 Å². The molecule has 0 atom stereocenters. The molecule has 178 valence electrons. The Kier molecular flexibility index (Phi) is 14.4. The number of benzene rings is 1. The smallest absolute Gasteiger partial charge is 0.191 e. The van der Waals surface area contributed by atoms with Crippen LogP contribution in [0.4, 0.5) is 0 Å². The normalized spacial score (nSPS) is 15.4. The number of hydrogen-bond acceptors (Lipinski definition) is 4. The zero-order valence-corrected chi connectivity index (χ0v) is 22.5. The Morgan fingerprint density at radius 1 is 1.03 bits per heavy atom. The van der Waals surface area contributed by atoms with Gasteiger partial charge in [-0.25, -0.2) is 4.99 Å². The van der Waals surface area contributed by atoms with E-state index < -0.39 is 0 Å². The van der Waals surface area contributed by atoms with Gasteiger partial charge in [0.25, 0.3) is 0 Å². The van der Waals surface area contributed by atoms with Gasteiger partial charge in [-0.1, -0.05) is 24.3 Å². The third-order valence-electron chi connectivity index (χ3n) is 5.51. The number of hydrogen-bond donors (Lipinski definition) is 2. The van der Waals surface area contributed by atoms with Gasteiger partial charge < -0.3 is 15.4 Å². The predicted molar refractivity (Wildman–Crippen MR) is 142 cm³/mol. The van der Waals surface area contributed by atoms with E-state index in [9.17, 15) is 0 Å². The molecule has 0 unspecified atom stereocenters. The second kappa shape index (κ2) is 15.8. The van der Waals surface area contributed by atoms with Crippen molar-refractivity contribution in [3.8, 4) is 0 Å². The van der Waals surface area contributed by atoms with Crippen LogP contribution in [0, 0.1) is 0 Å². The number of morpholine rings is 1. The van der Waals surface area contributed by atoms with Crippen molar-refractivity contribution in [3.05, 3.63) is 35.4 Å². The molecule has 0 aliphatic carbocycles. The van der Waals surface area contributed by atoms with E-state index in [-0.39, 0.29) is 24.0 Å². The molecule has 1 aliphatic heterocycles. The SMILES string of the molecule is CCNC(=NCc1ccc(CN2CCOCC2)cc1)NCCCN(C(C)C)C(C)C.I. The third-order valence-corrected chi connectivity index (χ3v) is 5.51. The Hall–Kier alpha value is -0.900. The van der Waals surface area contributed by atoms with Gasteiger partial charge in [0.05, 0.1) is 19.8 Å². The molecule has 0 amide bonds. The van der Waals surface area contributed by atoms with Crippen molar-refractivity contribution in [2.75, 3.05) is 45.9 Å². The zero-order valence-electron chi connectivity index (χ0n) is 20.2. The van der Waals surface area contributed by atoms with Crippen molar-refractivity contribution in [3.63, 3.8) is 0 Å². The molecule has 6 nitrogen and oxygen atoms in total. The molecule has 1 aliphatic rings. The molecular formula is C24H44IN5O. The molecule has 1 aromatic rings. The fourth-order valence-electron chi connectivity index (χ4n) is 3.86. The van der Waals surface area contributed by atoms with Crippen LogP contribution in [0.25, 0.3) is 0 Å². The average Bonchev–Trinajstić information content (AvgIpc) is 2.73. The van der Waals surface area contributed by atoms with Crippen LogP contribution in [0.3, 0.4) is 0 Å². The van der Waals surface area contributed by atoms with Crippen LogP contribution >= 0.6 is 24.0 Å². The summed E-state index contributed by atoms with van der Waals surface area (Å²) in [5.41, 5.74) is 2.60. The lowest BCUT2D eigenvalue weighted by atomic mass is 10.1. The second-order valence-corrected chi connectivity index (χ2v) is 8.61. The minimum atomic E-state index is 0. The van der Waals surface area contributed by atoms with E-state index >= 15 is 0 Å². The Labute approximate surface area is 207 Å². The number of guanidine groups is 1. The van der Waals surface area contributed by atoms with Gasteiger partial charge in [0, 0.05) is 51.4 Å². The van der Waals surface area contributed by atoms with Gasteiger partial charge in [-0.2, -0.15) is 0 Å². The van der Waals surface area contributed by atoms with Gasteiger partial charge in [0.2, 0.25) is 0 Å². The summed E-state index contributed by atoms with van der Waals surface area (Å²) in [7, 11) is 0. The first-order chi connectivity index (χ1) is 14.5. The summed E-state index contributed by atoms with van der Waals surface area (Å²) < 4.78 is 5.43. The van der Waals surface area contributed by atoms with Crippen molar-refractivity contribution in [1.82, 2.24) is 20.4 Å². The summed E-state index contributed by atoms with van der Waals surface area (Å²) in [5.74, 6) is 0.899. The van der Waals surface area contributed by atoms with E-state index in [2.05, 4.69) is 79.3 Å². The van der Waals surface area contributed by atoms with Crippen molar-refractivity contribution < 1.29 is 4.74 Å². The summed E-state index contributed by atoms with van der Waals surface area (Å²) in [6.45, 7) is 19.5. The average molecular weight is 546 g/mol. The molecule has 0 aromatic heterocycles. The molecule has 1 fully saturated rings. The Balaban J connectivity index is 0.00000480. The lowest BCUT2D eigenvalue weighted by molar-refractivity contribution is 0.0342. The van der Waals surface area contributed by atoms with E-state index in [1.807, 2.05) is 0 Å². The van der Waals surface area contributed by atoms with Crippen LogP contribution in [0.5, 0.6) is 0 Å². The van der Waals surface area contributed by atoms with Crippen molar-refractivity contribution >= 4 is 29.9 Å². The van der Waals surface area contributed by atoms with Crippen LogP contribution in [0.2, 0.25) is 0 Å². The molecule has 31 heavy (non-hydrogen) atoms. The quantitative estimate of drug-likeness (QED) is 0.192. The first kappa shape index (κ1) is 28.1.